The minimum absolute atomic E-state index is 0.554. The summed E-state index contributed by atoms with van der Waals surface area (Å²) in [6.45, 7) is 1.77. The fraction of sp³-hybridized carbons (Fsp3) is 1.00. The van der Waals surface area contributed by atoms with Gasteiger partial charge < -0.3 is 10.5 Å². The zero-order valence-electron chi connectivity index (χ0n) is 5.10. The van der Waals surface area contributed by atoms with E-state index in [1.54, 1.807) is 0 Å². The lowest BCUT2D eigenvalue weighted by molar-refractivity contribution is -0.0549. The molecule has 0 radical (unpaired) electrons. The van der Waals surface area contributed by atoms with Crippen LogP contribution in [0.15, 0.2) is 0 Å². The van der Waals surface area contributed by atoms with Crippen molar-refractivity contribution in [3.8, 4) is 0 Å². The van der Waals surface area contributed by atoms with Gasteiger partial charge in [-0.05, 0) is 25.8 Å². The van der Waals surface area contributed by atoms with Crippen molar-refractivity contribution in [2.75, 3.05) is 13.2 Å². The van der Waals surface area contributed by atoms with Crippen LogP contribution in [0, 0.1) is 0 Å². The van der Waals surface area contributed by atoms with E-state index in [1.807, 2.05) is 0 Å². The first-order chi connectivity index (χ1) is 3.93. The van der Waals surface area contributed by atoms with Crippen LogP contribution in [0.3, 0.4) is 0 Å². The van der Waals surface area contributed by atoms with Crippen LogP contribution < -0.4 is 5.73 Å². The lowest BCUT2D eigenvalue weighted by Crippen LogP contribution is -2.27. The number of rotatable bonds is 3. The fourth-order valence-electron chi connectivity index (χ4n) is 0.858. The summed E-state index contributed by atoms with van der Waals surface area (Å²) in [5, 5.41) is 0. The van der Waals surface area contributed by atoms with Gasteiger partial charge in [0.1, 0.15) is 0 Å². The molecule has 1 heterocycles. The molecule has 0 bridgehead atoms. The predicted molar refractivity (Wildman–Crippen MR) is 32.6 cm³/mol. The maximum absolute atomic E-state index is 5.30. The molecule has 1 aliphatic rings. The summed E-state index contributed by atoms with van der Waals surface area (Å²) in [6, 6.07) is 0. The summed E-state index contributed by atoms with van der Waals surface area (Å²) in [4.78, 5) is 0. The van der Waals surface area contributed by atoms with Crippen LogP contribution in [0.1, 0.15) is 19.3 Å². The van der Waals surface area contributed by atoms with Crippen LogP contribution in [-0.2, 0) is 4.74 Å². The molecule has 2 N–H and O–H groups in total. The third kappa shape index (κ3) is 1.46. The average Bonchev–Trinajstić information content (AvgIpc) is 1.63. The summed E-state index contributed by atoms with van der Waals surface area (Å²) in [5.41, 5.74) is 5.30. The topological polar surface area (TPSA) is 35.2 Å². The molecule has 0 amide bonds. The zero-order valence-corrected chi connectivity index (χ0v) is 5.10. The Hall–Kier alpha value is -0.0800. The molecule has 1 unspecified atom stereocenters. The van der Waals surface area contributed by atoms with Crippen LogP contribution in [0.5, 0.6) is 0 Å². The lowest BCUT2D eigenvalue weighted by atomic mass is 10.1. The Kier molecular flexibility index (Phi) is 2.30. The van der Waals surface area contributed by atoms with Crippen LogP contribution in [0.25, 0.3) is 0 Å². The minimum atomic E-state index is 0.554. The highest BCUT2D eigenvalue weighted by molar-refractivity contribution is 4.65. The smallest absolute Gasteiger partial charge is 0.0597 e. The van der Waals surface area contributed by atoms with Gasteiger partial charge in [-0.3, -0.25) is 0 Å². The second-order valence-corrected chi connectivity index (χ2v) is 2.21. The van der Waals surface area contributed by atoms with Gasteiger partial charge in [-0.2, -0.15) is 0 Å². The molecule has 0 saturated carbocycles. The van der Waals surface area contributed by atoms with Gasteiger partial charge in [0.25, 0.3) is 0 Å². The van der Waals surface area contributed by atoms with Crippen molar-refractivity contribution in [3.63, 3.8) is 0 Å². The molecule has 1 aliphatic heterocycles. The second-order valence-electron chi connectivity index (χ2n) is 2.21. The molecule has 8 heavy (non-hydrogen) atoms. The molecule has 0 aliphatic carbocycles. The van der Waals surface area contributed by atoms with Crippen molar-refractivity contribution in [1.82, 2.24) is 0 Å². The Morgan fingerprint density at radius 2 is 2.38 bits per heavy atom. The Labute approximate surface area is 50.0 Å². The first-order valence-corrected chi connectivity index (χ1v) is 3.25. The summed E-state index contributed by atoms with van der Waals surface area (Å²) < 4.78 is 5.18. The van der Waals surface area contributed by atoms with Crippen molar-refractivity contribution in [3.05, 3.63) is 0 Å². The van der Waals surface area contributed by atoms with Gasteiger partial charge in [0, 0.05) is 6.61 Å². The third-order valence-corrected chi connectivity index (χ3v) is 1.52. The highest BCUT2D eigenvalue weighted by Crippen LogP contribution is 2.15. The largest absolute Gasteiger partial charge is 0.378 e. The summed E-state index contributed by atoms with van der Waals surface area (Å²) in [6.07, 6.45) is 4.08. The molecule has 0 spiro atoms. The second kappa shape index (κ2) is 3.05. The van der Waals surface area contributed by atoms with Gasteiger partial charge >= 0.3 is 0 Å². The molecule has 0 aromatic heterocycles. The molecule has 1 rings (SSSR count). The van der Waals surface area contributed by atoms with Crippen molar-refractivity contribution >= 4 is 0 Å². The summed E-state index contributed by atoms with van der Waals surface area (Å²) in [7, 11) is 0. The van der Waals surface area contributed by atoms with Gasteiger partial charge in [-0.1, -0.05) is 0 Å². The quantitative estimate of drug-likeness (QED) is 0.581. The number of nitrogens with two attached hydrogens (primary N) is 1. The number of ether oxygens (including phenoxy) is 1. The van der Waals surface area contributed by atoms with Crippen LogP contribution in [0.2, 0.25) is 0 Å². The van der Waals surface area contributed by atoms with Crippen LogP contribution in [-0.4, -0.2) is 19.3 Å². The van der Waals surface area contributed by atoms with E-state index in [4.69, 9.17) is 10.5 Å². The van der Waals surface area contributed by atoms with E-state index in [2.05, 4.69) is 0 Å². The van der Waals surface area contributed by atoms with Crippen molar-refractivity contribution in [1.29, 1.82) is 0 Å². The monoisotopic (exact) mass is 115 g/mol. The van der Waals surface area contributed by atoms with E-state index in [0.717, 1.165) is 26.0 Å². The lowest BCUT2D eigenvalue weighted by Gasteiger charge is -2.25. The molecule has 1 saturated heterocycles. The standard InChI is InChI=1S/C6H13NO/c7-4-1-2-6-3-5-8-6/h6H,1-5,7H2. The molecule has 1 fully saturated rings. The zero-order chi connectivity index (χ0) is 5.82. The van der Waals surface area contributed by atoms with Crippen LogP contribution >= 0.6 is 0 Å². The normalized spacial score (nSPS) is 27.4. The minimum Gasteiger partial charge on any atom is -0.378 e. The van der Waals surface area contributed by atoms with Gasteiger partial charge in [0.05, 0.1) is 6.10 Å². The van der Waals surface area contributed by atoms with Crippen molar-refractivity contribution in [2.24, 2.45) is 5.73 Å². The molecule has 2 heteroatoms. The number of hydrogen-bond acceptors (Lipinski definition) is 2. The SMILES string of the molecule is NCCCC1CCO1. The van der Waals surface area contributed by atoms with Crippen molar-refractivity contribution < 1.29 is 4.74 Å². The van der Waals surface area contributed by atoms with Gasteiger partial charge in [-0.15, -0.1) is 0 Å². The van der Waals surface area contributed by atoms with E-state index >= 15 is 0 Å². The van der Waals surface area contributed by atoms with E-state index < -0.39 is 0 Å². The Bertz CT molecular complexity index is 61.5. The Morgan fingerprint density at radius 3 is 2.75 bits per heavy atom. The molecule has 0 aromatic carbocycles. The highest BCUT2D eigenvalue weighted by atomic mass is 16.5. The summed E-state index contributed by atoms with van der Waals surface area (Å²) >= 11 is 0. The third-order valence-electron chi connectivity index (χ3n) is 1.52. The maximum Gasteiger partial charge on any atom is 0.0597 e. The highest BCUT2D eigenvalue weighted by Gasteiger charge is 2.16. The van der Waals surface area contributed by atoms with Gasteiger partial charge in [0.2, 0.25) is 0 Å². The van der Waals surface area contributed by atoms with E-state index in [0.29, 0.717) is 6.10 Å². The molecular formula is C6H13NO. The first kappa shape index (κ1) is 6.05. The van der Waals surface area contributed by atoms with Crippen LogP contribution in [0.4, 0.5) is 0 Å². The fourth-order valence-corrected chi connectivity index (χ4v) is 0.858. The average molecular weight is 115 g/mol. The molecular weight excluding hydrogens is 102 g/mol. The van der Waals surface area contributed by atoms with Gasteiger partial charge in [0.15, 0.2) is 0 Å². The number of hydrogen-bond donors (Lipinski definition) is 1. The van der Waals surface area contributed by atoms with Crippen molar-refractivity contribution in [2.45, 2.75) is 25.4 Å². The molecule has 0 aromatic rings. The summed E-state index contributed by atoms with van der Waals surface area (Å²) in [5.74, 6) is 0. The van der Waals surface area contributed by atoms with E-state index in [9.17, 15) is 0 Å². The molecule has 1 atom stereocenters. The van der Waals surface area contributed by atoms with E-state index in [1.165, 1.54) is 6.42 Å². The predicted octanol–water partition coefficient (Wildman–Crippen LogP) is 0.514. The van der Waals surface area contributed by atoms with Gasteiger partial charge in [-0.25, -0.2) is 0 Å². The Balaban J connectivity index is 1.86. The first-order valence-electron chi connectivity index (χ1n) is 3.25. The molecule has 2 nitrogen and oxygen atoms in total. The Morgan fingerprint density at radius 1 is 1.62 bits per heavy atom. The maximum atomic E-state index is 5.30. The molecule has 48 valence electrons. The van der Waals surface area contributed by atoms with E-state index in [-0.39, 0.29) is 0 Å².